The average Bonchev–Trinajstić information content (AvgIpc) is 2.68. The largest absolute Gasteiger partial charge is 0.394 e. The van der Waals surface area contributed by atoms with Gasteiger partial charge in [0.25, 0.3) is 0 Å². The summed E-state index contributed by atoms with van der Waals surface area (Å²) in [5.41, 5.74) is 0. The number of aliphatic hydroxyl groups is 1. The summed E-state index contributed by atoms with van der Waals surface area (Å²) in [6, 6.07) is 10.5. The molecule has 1 aromatic carbocycles. The van der Waals surface area contributed by atoms with E-state index in [0.29, 0.717) is 5.11 Å². The second-order valence-corrected chi connectivity index (χ2v) is 9.39. The van der Waals surface area contributed by atoms with Gasteiger partial charge in [-0.1, -0.05) is 65.0 Å². The summed E-state index contributed by atoms with van der Waals surface area (Å²) >= 11 is 5.63. The Morgan fingerprint density at radius 3 is 1.92 bits per heavy atom. The number of rotatable bonds is 10. The molecule has 1 atom stereocenters. The van der Waals surface area contributed by atoms with Crippen LogP contribution in [0.3, 0.4) is 0 Å². The van der Waals surface area contributed by atoms with E-state index in [1.165, 1.54) is 5.30 Å². The van der Waals surface area contributed by atoms with Crippen LogP contribution in [0.25, 0.3) is 0 Å². The van der Waals surface area contributed by atoms with E-state index in [2.05, 4.69) is 66.6 Å². The first kappa shape index (κ1) is 23.3. The van der Waals surface area contributed by atoms with E-state index in [-0.39, 0.29) is 12.6 Å². The molecule has 0 amide bonds. The van der Waals surface area contributed by atoms with Crippen molar-refractivity contribution in [3.05, 3.63) is 30.3 Å². The summed E-state index contributed by atoms with van der Waals surface area (Å²) in [5.74, 6) is 0. The molecule has 0 aliphatic heterocycles. The second kappa shape index (κ2) is 11.8. The summed E-state index contributed by atoms with van der Waals surface area (Å²) in [6.45, 7) is 14.4. The summed E-state index contributed by atoms with van der Waals surface area (Å²) in [7, 11) is -2.20. The lowest BCUT2D eigenvalue weighted by molar-refractivity contribution is 0.253. The quantitative estimate of drug-likeness (QED) is 0.465. The fourth-order valence-electron chi connectivity index (χ4n) is 3.16. The molecule has 0 spiro atoms. The van der Waals surface area contributed by atoms with Gasteiger partial charge in [0.15, 0.2) is 5.11 Å². The molecule has 0 saturated heterocycles. The van der Waals surface area contributed by atoms with Crippen molar-refractivity contribution in [3.8, 4) is 0 Å². The molecule has 0 fully saturated rings. The third-order valence-corrected chi connectivity index (χ3v) is 9.15. The van der Waals surface area contributed by atoms with Crippen LogP contribution in [0.1, 0.15) is 41.0 Å². The van der Waals surface area contributed by atoms with Crippen LogP contribution in [0.5, 0.6) is 0 Å². The fourth-order valence-corrected chi connectivity index (χ4v) is 7.51. The molecule has 7 heteroatoms. The molecule has 0 saturated carbocycles. The van der Waals surface area contributed by atoms with E-state index in [1.54, 1.807) is 0 Å². The zero-order valence-corrected chi connectivity index (χ0v) is 18.6. The van der Waals surface area contributed by atoms with E-state index < -0.39 is 7.36 Å². The SMILES string of the molecule is CCC(CO)NC(=S)N=P(c1ccccc1)(N(CC)CC)N(CC)CC. The van der Waals surface area contributed by atoms with Crippen LogP contribution in [0, 0.1) is 0 Å². The molecule has 5 nitrogen and oxygen atoms in total. The maximum absolute atomic E-state index is 9.52. The summed E-state index contributed by atoms with van der Waals surface area (Å²) in [6.07, 6.45) is 0.805. The van der Waals surface area contributed by atoms with Gasteiger partial charge in [0.1, 0.15) is 7.36 Å². The normalized spacial score (nSPS) is 13.1. The van der Waals surface area contributed by atoms with E-state index in [0.717, 1.165) is 32.6 Å². The predicted octanol–water partition coefficient (Wildman–Crippen LogP) is 3.67. The van der Waals surface area contributed by atoms with Gasteiger partial charge in [0, 0.05) is 31.5 Å². The lowest BCUT2D eigenvalue weighted by atomic mass is 10.2. The molecule has 1 aromatic rings. The van der Waals surface area contributed by atoms with Crippen LogP contribution in [0.15, 0.2) is 35.1 Å². The Bertz CT molecular complexity index is 568. The number of nitrogens with one attached hydrogen (secondary N) is 1. The molecule has 0 aliphatic rings. The van der Waals surface area contributed by atoms with Gasteiger partial charge in [-0.15, -0.1) is 0 Å². The highest BCUT2D eigenvalue weighted by atomic mass is 32.1. The first-order chi connectivity index (χ1) is 12.5. The molecule has 0 heterocycles. The number of thiocarbonyl (C=S) groups is 1. The van der Waals surface area contributed by atoms with Crippen LogP contribution in [0.2, 0.25) is 0 Å². The molecular formula is C19H35N4OPS. The lowest BCUT2D eigenvalue weighted by Gasteiger charge is -2.43. The van der Waals surface area contributed by atoms with Gasteiger partial charge in [-0.3, -0.25) is 9.34 Å². The smallest absolute Gasteiger partial charge is 0.194 e. The maximum Gasteiger partial charge on any atom is 0.194 e. The summed E-state index contributed by atoms with van der Waals surface area (Å²) in [5, 5.41) is 14.5. The van der Waals surface area contributed by atoms with Crippen molar-refractivity contribution in [1.29, 1.82) is 0 Å². The number of aliphatic hydroxyl groups excluding tert-OH is 1. The van der Waals surface area contributed by atoms with Crippen molar-refractivity contribution < 1.29 is 5.11 Å². The number of benzene rings is 1. The highest BCUT2D eigenvalue weighted by Gasteiger charge is 2.34. The molecule has 148 valence electrons. The van der Waals surface area contributed by atoms with E-state index >= 15 is 0 Å². The van der Waals surface area contributed by atoms with Crippen molar-refractivity contribution in [2.75, 3.05) is 32.8 Å². The van der Waals surface area contributed by atoms with Crippen LogP contribution < -0.4 is 10.6 Å². The number of nitrogens with zero attached hydrogens (tertiary/aromatic N) is 3. The van der Waals surface area contributed by atoms with Crippen molar-refractivity contribution in [2.24, 2.45) is 4.74 Å². The van der Waals surface area contributed by atoms with Gasteiger partial charge in [-0.25, -0.2) is 4.74 Å². The molecule has 0 aliphatic carbocycles. The Kier molecular flexibility index (Phi) is 10.6. The summed E-state index contributed by atoms with van der Waals surface area (Å²) in [4.78, 5) is 0. The minimum Gasteiger partial charge on any atom is -0.394 e. The third-order valence-electron chi connectivity index (χ3n) is 4.62. The first-order valence-electron chi connectivity index (χ1n) is 9.63. The molecule has 0 radical (unpaired) electrons. The van der Waals surface area contributed by atoms with Gasteiger partial charge in [0.2, 0.25) is 0 Å². The van der Waals surface area contributed by atoms with Crippen molar-refractivity contribution >= 4 is 30.0 Å². The van der Waals surface area contributed by atoms with Gasteiger partial charge in [0.05, 0.1) is 12.6 Å². The zero-order valence-electron chi connectivity index (χ0n) is 16.9. The predicted molar refractivity (Wildman–Crippen MR) is 118 cm³/mol. The van der Waals surface area contributed by atoms with Gasteiger partial charge in [-0.05, 0) is 18.6 Å². The van der Waals surface area contributed by atoms with Crippen molar-refractivity contribution in [1.82, 2.24) is 14.7 Å². The molecule has 0 bridgehead atoms. The van der Waals surface area contributed by atoms with Crippen LogP contribution in [-0.4, -0.2) is 58.4 Å². The third kappa shape index (κ3) is 5.37. The Labute approximate surface area is 165 Å². The van der Waals surface area contributed by atoms with Crippen molar-refractivity contribution in [2.45, 2.75) is 47.1 Å². The Balaban J connectivity index is 3.61. The Hall–Kier alpha value is -0.780. The highest BCUT2D eigenvalue weighted by molar-refractivity contribution is 7.81. The van der Waals surface area contributed by atoms with Crippen LogP contribution in [-0.2, 0) is 0 Å². The zero-order chi connectivity index (χ0) is 19.6. The van der Waals surface area contributed by atoms with Crippen molar-refractivity contribution in [3.63, 3.8) is 0 Å². The lowest BCUT2D eigenvalue weighted by Crippen LogP contribution is -2.40. The summed E-state index contributed by atoms with van der Waals surface area (Å²) < 4.78 is 10.1. The fraction of sp³-hybridized carbons (Fsp3) is 0.632. The van der Waals surface area contributed by atoms with E-state index in [4.69, 9.17) is 17.0 Å². The molecule has 0 aromatic heterocycles. The van der Waals surface area contributed by atoms with Gasteiger partial charge >= 0.3 is 0 Å². The number of hydrogen-bond donors (Lipinski definition) is 2. The van der Waals surface area contributed by atoms with Gasteiger partial charge in [-0.2, -0.15) is 0 Å². The topological polar surface area (TPSA) is 51.1 Å². The molecule has 1 rings (SSSR count). The standard InChI is InChI=1S/C19H35N4OPS/c1-6-17(16-24)20-19(26)21-25(22(7-2)8-3,23(9-4)10-5)18-14-12-11-13-15-18/h11-15,17,24H,6-10,16H2,1-5H3,(H,20,26). The highest BCUT2D eigenvalue weighted by Crippen LogP contribution is 2.55. The Morgan fingerprint density at radius 2 is 1.54 bits per heavy atom. The molecule has 1 unspecified atom stereocenters. The first-order valence-corrected chi connectivity index (χ1v) is 11.7. The maximum atomic E-state index is 9.52. The molecule has 26 heavy (non-hydrogen) atoms. The van der Waals surface area contributed by atoms with Crippen LogP contribution in [0.4, 0.5) is 0 Å². The average molecular weight is 399 g/mol. The Morgan fingerprint density at radius 1 is 1.04 bits per heavy atom. The number of hydrogen-bond acceptors (Lipinski definition) is 2. The monoisotopic (exact) mass is 398 g/mol. The minimum absolute atomic E-state index is 0.0550. The van der Waals surface area contributed by atoms with E-state index in [1.807, 2.05) is 13.0 Å². The van der Waals surface area contributed by atoms with E-state index in [9.17, 15) is 5.11 Å². The second-order valence-electron chi connectivity index (χ2n) is 6.02. The van der Waals surface area contributed by atoms with Crippen LogP contribution >= 0.6 is 19.6 Å². The molecular weight excluding hydrogens is 363 g/mol. The molecule has 2 N–H and O–H groups in total. The van der Waals surface area contributed by atoms with Gasteiger partial charge < -0.3 is 10.4 Å². The minimum atomic E-state index is -2.20.